The molecule has 0 unspecified atom stereocenters. The summed E-state index contributed by atoms with van der Waals surface area (Å²) in [6.07, 6.45) is -2.08. The van der Waals surface area contributed by atoms with Gasteiger partial charge in [0.15, 0.2) is 0 Å². The molecule has 0 saturated carbocycles. The van der Waals surface area contributed by atoms with Gasteiger partial charge in [0.2, 0.25) is 5.91 Å². The van der Waals surface area contributed by atoms with Crippen molar-refractivity contribution >= 4 is 17.8 Å². The SMILES string of the molecule is O=C(NCc1cccnc1)[C@@H]1CN(Cc2ccoc2)C[C@H]2OCC[C@H]21.O=C(O)C(F)(F)F.O=C(O)C(F)(F)F. The van der Waals surface area contributed by atoms with E-state index in [1.165, 1.54) is 0 Å². The van der Waals surface area contributed by atoms with Crippen LogP contribution in [-0.4, -0.2) is 76.1 Å². The fourth-order valence-corrected chi connectivity index (χ4v) is 3.93. The molecule has 0 aromatic carbocycles. The van der Waals surface area contributed by atoms with Crippen LogP contribution in [0, 0.1) is 11.8 Å². The number of carbonyl (C=O) groups is 3. The number of furan rings is 1. The van der Waals surface area contributed by atoms with Crippen molar-refractivity contribution in [3.05, 3.63) is 54.2 Å². The number of halogens is 6. The Kier molecular flexibility index (Phi) is 11.3. The number of ether oxygens (including phenoxy) is 1. The minimum absolute atomic E-state index is 0.0372. The quantitative estimate of drug-likeness (QED) is 0.463. The molecule has 0 radical (unpaired) electrons. The largest absolute Gasteiger partial charge is 0.490 e. The highest BCUT2D eigenvalue weighted by molar-refractivity contribution is 5.79. The Morgan fingerprint density at radius 3 is 2.18 bits per heavy atom. The van der Waals surface area contributed by atoms with Gasteiger partial charge in [-0.1, -0.05) is 6.07 Å². The number of rotatable bonds is 5. The molecule has 2 aliphatic rings. The van der Waals surface area contributed by atoms with Gasteiger partial charge >= 0.3 is 24.3 Å². The normalized spacial score (nSPS) is 20.9. The second-order valence-corrected chi connectivity index (χ2v) is 8.48. The summed E-state index contributed by atoms with van der Waals surface area (Å²) >= 11 is 0. The van der Waals surface area contributed by atoms with Crippen molar-refractivity contribution in [2.45, 2.75) is 38.0 Å². The predicted octanol–water partition coefficient (Wildman–Crippen LogP) is 3.09. The highest BCUT2D eigenvalue weighted by Crippen LogP contribution is 2.34. The van der Waals surface area contributed by atoms with Crippen LogP contribution >= 0.6 is 0 Å². The molecule has 3 N–H and O–H groups in total. The van der Waals surface area contributed by atoms with Gasteiger partial charge < -0.3 is 24.7 Å². The fraction of sp³-hybridized carbons (Fsp3) is 0.478. The zero-order chi connectivity index (χ0) is 29.2. The van der Waals surface area contributed by atoms with E-state index >= 15 is 0 Å². The number of pyridine rings is 1. The first-order valence-corrected chi connectivity index (χ1v) is 11.3. The maximum Gasteiger partial charge on any atom is 0.490 e. The van der Waals surface area contributed by atoms with Gasteiger partial charge in [-0.3, -0.25) is 14.7 Å². The minimum Gasteiger partial charge on any atom is -0.475 e. The standard InChI is InChI=1S/C19H23N3O3.2C2HF3O2/c23-19(21-9-14-2-1-5-20-8-14)17-11-22(10-15-3-6-24-13-15)12-18-16(17)4-7-25-18;2*3-2(4,5)1(6)7/h1-3,5-6,8,13,16-18H,4,7,9-12H2,(H,21,23);2*(H,6,7)/t16-,17+,18+;;/m0../s1. The van der Waals surface area contributed by atoms with E-state index in [1.807, 2.05) is 18.2 Å². The first kappa shape index (κ1) is 31.6. The van der Waals surface area contributed by atoms with Gasteiger partial charge in [0.25, 0.3) is 0 Å². The second-order valence-electron chi connectivity index (χ2n) is 8.48. The summed E-state index contributed by atoms with van der Waals surface area (Å²) in [6.45, 7) is 3.69. The number of carboxylic acid groups (broad SMARTS) is 2. The summed E-state index contributed by atoms with van der Waals surface area (Å²) in [5.41, 5.74) is 2.15. The number of carbonyl (C=O) groups excluding carboxylic acids is 1. The highest BCUT2D eigenvalue weighted by Gasteiger charge is 2.44. The number of alkyl halides is 6. The lowest BCUT2D eigenvalue weighted by Gasteiger charge is -2.39. The van der Waals surface area contributed by atoms with Crippen LogP contribution in [0.2, 0.25) is 0 Å². The number of aliphatic carboxylic acids is 2. The third-order valence-electron chi connectivity index (χ3n) is 5.67. The number of amides is 1. The maximum absolute atomic E-state index is 12.8. The van der Waals surface area contributed by atoms with Crippen molar-refractivity contribution in [1.29, 1.82) is 0 Å². The number of nitrogens with one attached hydrogen (secondary N) is 1. The van der Waals surface area contributed by atoms with Crippen molar-refractivity contribution in [2.75, 3.05) is 19.7 Å². The maximum atomic E-state index is 12.8. The van der Waals surface area contributed by atoms with Gasteiger partial charge in [-0.05, 0) is 24.1 Å². The van der Waals surface area contributed by atoms with E-state index in [-0.39, 0.29) is 17.9 Å². The summed E-state index contributed by atoms with van der Waals surface area (Å²) in [4.78, 5) is 37.0. The Morgan fingerprint density at radius 1 is 1.03 bits per heavy atom. The average Bonchev–Trinajstić information content (AvgIpc) is 3.54. The Bertz CT molecular complexity index is 1040. The Labute approximate surface area is 217 Å². The Hall–Kier alpha value is -3.66. The number of nitrogens with zero attached hydrogens (tertiary/aromatic N) is 2. The van der Waals surface area contributed by atoms with E-state index < -0.39 is 24.3 Å². The molecular weight excluding hydrogens is 544 g/mol. The molecule has 0 bridgehead atoms. The summed E-state index contributed by atoms with van der Waals surface area (Å²) in [7, 11) is 0. The number of aromatic nitrogens is 1. The zero-order valence-electron chi connectivity index (χ0n) is 20.1. The van der Waals surface area contributed by atoms with Gasteiger partial charge in [-0.2, -0.15) is 26.3 Å². The number of fused-ring (bicyclic) bond motifs is 1. The van der Waals surface area contributed by atoms with Gasteiger partial charge in [0.05, 0.1) is 24.5 Å². The van der Waals surface area contributed by atoms with Crippen molar-refractivity contribution in [3.63, 3.8) is 0 Å². The van der Waals surface area contributed by atoms with Gasteiger partial charge in [0, 0.05) is 56.7 Å². The topological polar surface area (TPSA) is 142 Å². The van der Waals surface area contributed by atoms with E-state index in [4.69, 9.17) is 29.0 Å². The van der Waals surface area contributed by atoms with E-state index in [1.54, 1.807) is 24.9 Å². The summed E-state index contributed by atoms with van der Waals surface area (Å²) in [5, 5.41) is 17.3. The van der Waals surface area contributed by atoms with Crippen molar-refractivity contribution < 1.29 is 60.1 Å². The molecule has 216 valence electrons. The van der Waals surface area contributed by atoms with Crippen LogP contribution in [0.3, 0.4) is 0 Å². The van der Waals surface area contributed by atoms with E-state index in [2.05, 4.69) is 15.2 Å². The van der Waals surface area contributed by atoms with E-state index in [0.717, 1.165) is 43.8 Å². The highest BCUT2D eigenvalue weighted by atomic mass is 19.4. The van der Waals surface area contributed by atoms with Crippen LogP contribution in [0.5, 0.6) is 0 Å². The van der Waals surface area contributed by atoms with Crippen LogP contribution < -0.4 is 5.32 Å². The van der Waals surface area contributed by atoms with E-state index in [0.29, 0.717) is 12.5 Å². The monoisotopic (exact) mass is 569 g/mol. The molecule has 2 aromatic heterocycles. The predicted molar refractivity (Wildman–Crippen MR) is 119 cm³/mol. The molecular formula is C23H25F6N3O7. The molecule has 16 heteroatoms. The third kappa shape index (κ3) is 10.6. The van der Waals surface area contributed by atoms with Gasteiger partial charge in [-0.15, -0.1) is 0 Å². The van der Waals surface area contributed by atoms with Crippen LogP contribution in [0.4, 0.5) is 26.3 Å². The first-order chi connectivity index (χ1) is 18.2. The molecule has 4 heterocycles. The van der Waals surface area contributed by atoms with Crippen molar-refractivity contribution in [1.82, 2.24) is 15.2 Å². The van der Waals surface area contributed by atoms with Gasteiger partial charge in [0.1, 0.15) is 0 Å². The molecule has 39 heavy (non-hydrogen) atoms. The van der Waals surface area contributed by atoms with Gasteiger partial charge in [-0.25, -0.2) is 9.59 Å². The zero-order valence-corrected chi connectivity index (χ0v) is 20.1. The number of likely N-dealkylation sites (tertiary alicyclic amines) is 1. The Balaban J connectivity index is 0.000000317. The number of carboxylic acids is 2. The van der Waals surface area contributed by atoms with Crippen LogP contribution in [0.1, 0.15) is 17.5 Å². The lowest BCUT2D eigenvalue weighted by molar-refractivity contribution is -0.193. The molecule has 2 aliphatic heterocycles. The Morgan fingerprint density at radius 2 is 1.67 bits per heavy atom. The smallest absolute Gasteiger partial charge is 0.475 e. The molecule has 4 rings (SSSR count). The molecule has 10 nitrogen and oxygen atoms in total. The summed E-state index contributed by atoms with van der Waals surface area (Å²) < 4.78 is 74.5. The number of hydrogen-bond acceptors (Lipinski definition) is 7. The fourth-order valence-electron chi connectivity index (χ4n) is 3.93. The van der Waals surface area contributed by atoms with Crippen LogP contribution in [0.15, 0.2) is 47.5 Å². The molecule has 2 fully saturated rings. The summed E-state index contributed by atoms with van der Waals surface area (Å²) in [6, 6.07) is 5.83. The molecule has 2 aromatic rings. The average molecular weight is 569 g/mol. The van der Waals surface area contributed by atoms with Crippen LogP contribution in [-0.2, 0) is 32.2 Å². The van der Waals surface area contributed by atoms with E-state index in [9.17, 15) is 31.1 Å². The first-order valence-electron chi connectivity index (χ1n) is 11.3. The van der Waals surface area contributed by atoms with Crippen molar-refractivity contribution in [3.8, 4) is 0 Å². The third-order valence-corrected chi connectivity index (χ3v) is 5.67. The molecule has 2 saturated heterocycles. The second kappa shape index (κ2) is 13.9. The lowest BCUT2D eigenvalue weighted by atomic mass is 9.82. The lowest BCUT2D eigenvalue weighted by Crippen LogP contribution is -2.52. The van der Waals surface area contributed by atoms with Crippen LogP contribution in [0.25, 0.3) is 0 Å². The molecule has 0 aliphatic carbocycles. The molecule has 0 spiro atoms. The number of piperidine rings is 1. The molecule has 3 atom stereocenters. The summed E-state index contributed by atoms with van der Waals surface area (Å²) in [5.74, 6) is -5.12. The minimum atomic E-state index is -5.08. The van der Waals surface area contributed by atoms with Crippen molar-refractivity contribution in [2.24, 2.45) is 11.8 Å². The number of hydrogen-bond donors (Lipinski definition) is 3. The molecule has 1 amide bonds.